The molecule has 2 aromatic carbocycles. The molecule has 0 aliphatic rings. The maximum Gasteiger partial charge on any atom is 0.0995 e. The van der Waals surface area contributed by atoms with Crippen LogP contribution in [0.5, 0.6) is 0 Å². The van der Waals surface area contributed by atoms with Gasteiger partial charge >= 0.3 is 0 Å². The zero-order chi connectivity index (χ0) is 12.1. The van der Waals surface area contributed by atoms with Crippen LogP contribution in [0.1, 0.15) is 22.3 Å². The van der Waals surface area contributed by atoms with Gasteiger partial charge in [-0.05, 0) is 23.3 Å². The molecule has 0 aromatic heterocycles. The highest BCUT2D eigenvalue weighted by Gasteiger charge is 2.04. The number of hydrogen-bond acceptors (Lipinski definition) is 2. The van der Waals surface area contributed by atoms with Crippen molar-refractivity contribution in [1.29, 1.82) is 10.5 Å². The largest absolute Gasteiger partial charge is 0.192 e. The smallest absolute Gasteiger partial charge is 0.0995 e. The van der Waals surface area contributed by atoms with Crippen LogP contribution in [0.2, 0.25) is 0 Å². The fraction of sp³-hybridized carbons (Fsp3) is 0. The summed E-state index contributed by atoms with van der Waals surface area (Å²) in [6.45, 7) is 0. The maximum atomic E-state index is 9.04. The lowest BCUT2D eigenvalue weighted by atomic mass is 9.99. The Balaban J connectivity index is 2.35. The van der Waals surface area contributed by atoms with E-state index in [1.54, 1.807) is 18.2 Å². The Morgan fingerprint density at radius 3 is 2.29 bits per heavy atom. The van der Waals surface area contributed by atoms with Crippen LogP contribution in [0, 0.1) is 29.1 Å². The number of rotatable bonds is 2. The number of nitriles is 2. The van der Waals surface area contributed by atoms with Gasteiger partial charge in [0.15, 0.2) is 0 Å². The molecular formula is C15H9N2. The van der Waals surface area contributed by atoms with Gasteiger partial charge in [0.05, 0.1) is 23.3 Å². The van der Waals surface area contributed by atoms with E-state index in [1.807, 2.05) is 42.8 Å². The maximum absolute atomic E-state index is 9.04. The highest BCUT2D eigenvalue weighted by Crippen LogP contribution is 2.17. The van der Waals surface area contributed by atoms with E-state index in [0.717, 1.165) is 11.1 Å². The van der Waals surface area contributed by atoms with E-state index in [0.29, 0.717) is 11.1 Å². The van der Waals surface area contributed by atoms with Crippen LogP contribution in [-0.2, 0) is 0 Å². The molecular weight excluding hydrogens is 208 g/mol. The number of hydrogen-bond donors (Lipinski definition) is 0. The average Bonchev–Trinajstić information content (AvgIpc) is 2.40. The molecule has 0 heterocycles. The first-order chi connectivity index (χ1) is 8.33. The molecule has 0 fully saturated rings. The zero-order valence-electron chi connectivity index (χ0n) is 9.09. The topological polar surface area (TPSA) is 47.6 Å². The van der Waals surface area contributed by atoms with Crippen molar-refractivity contribution in [3.63, 3.8) is 0 Å². The van der Waals surface area contributed by atoms with Crippen LogP contribution in [0.3, 0.4) is 0 Å². The molecule has 0 bridgehead atoms. The van der Waals surface area contributed by atoms with Crippen molar-refractivity contribution in [2.75, 3.05) is 0 Å². The predicted octanol–water partition coefficient (Wildman–Crippen LogP) is 3.03. The van der Waals surface area contributed by atoms with Crippen molar-refractivity contribution < 1.29 is 0 Å². The molecule has 0 unspecified atom stereocenters. The third kappa shape index (κ3) is 2.51. The van der Waals surface area contributed by atoms with E-state index in [2.05, 4.69) is 6.07 Å². The Hall–Kier alpha value is -2.58. The normalized spacial score (nSPS) is 9.29. The van der Waals surface area contributed by atoms with E-state index in [1.165, 1.54) is 0 Å². The minimum Gasteiger partial charge on any atom is -0.192 e. The van der Waals surface area contributed by atoms with E-state index in [-0.39, 0.29) is 0 Å². The summed E-state index contributed by atoms with van der Waals surface area (Å²) < 4.78 is 0. The van der Waals surface area contributed by atoms with Crippen LogP contribution in [-0.4, -0.2) is 0 Å². The van der Waals surface area contributed by atoms with E-state index in [9.17, 15) is 0 Å². The summed E-state index contributed by atoms with van der Waals surface area (Å²) in [7, 11) is 0. The summed E-state index contributed by atoms with van der Waals surface area (Å²) in [6, 6.07) is 19.0. The van der Waals surface area contributed by atoms with Gasteiger partial charge in [0.2, 0.25) is 0 Å². The first kappa shape index (κ1) is 10.9. The molecule has 0 saturated heterocycles. The molecule has 0 N–H and O–H groups in total. The summed E-state index contributed by atoms with van der Waals surface area (Å²) in [6.07, 6.45) is 1.93. The molecule has 0 amide bonds. The Morgan fingerprint density at radius 2 is 1.65 bits per heavy atom. The van der Waals surface area contributed by atoms with Crippen LogP contribution in [0.15, 0.2) is 48.5 Å². The molecule has 2 heteroatoms. The van der Waals surface area contributed by atoms with Crippen LogP contribution in [0.25, 0.3) is 0 Å². The van der Waals surface area contributed by atoms with Crippen molar-refractivity contribution in [3.05, 3.63) is 77.2 Å². The Bertz CT molecular complexity index is 601. The van der Waals surface area contributed by atoms with Crippen molar-refractivity contribution in [3.8, 4) is 12.1 Å². The summed E-state index contributed by atoms with van der Waals surface area (Å²) in [5.74, 6) is 0. The molecule has 0 spiro atoms. The molecule has 2 rings (SSSR count). The van der Waals surface area contributed by atoms with Crippen LogP contribution in [0.4, 0.5) is 0 Å². The van der Waals surface area contributed by atoms with Gasteiger partial charge in [-0.2, -0.15) is 10.5 Å². The van der Waals surface area contributed by atoms with Crippen molar-refractivity contribution in [2.24, 2.45) is 0 Å². The van der Waals surface area contributed by atoms with Crippen molar-refractivity contribution >= 4 is 0 Å². The van der Waals surface area contributed by atoms with Crippen LogP contribution >= 0.6 is 0 Å². The highest BCUT2D eigenvalue weighted by molar-refractivity contribution is 5.51. The molecule has 79 valence electrons. The minimum absolute atomic E-state index is 0.506. The standard InChI is InChI=1S/C15H9N2/c16-10-13-6-7-14(15(9-13)11-17)8-12-4-2-1-3-5-12/h1-9H. The average molecular weight is 217 g/mol. The fourth-order valence-corrected chi connectivity index (χ4v) is 1.58. The predicted molar refractivity (Wildman–Crippen MR) is 64.8 cm³/mol. The monoisotopic (exact) mass is 217 g/mol. The van der Waals surface area contributed by atoms with Crippen molar-refractivity contribution in [2.45, 2.75) is 0 Å². The Kier molecular flexibility index (Phi) is 3.19. The molecule has 0 aliphatic heterocycles. The van der Waals surface area contributed by atoms with Gasteiger partial charge in [-0.1, -0.05) is 36.4 Å². The minimum atomic E-state index is 0.506. The lowest BCUT2D eigenvalue weighted by molar-refractivity contribution is 1.37. The SMILES string of the molecule is N#Cc1ccc([CH]c2ccccc2)c(C#N)c1. The second-order valence-electron chi connectivity index (χ2n) is 3.58. The third-order valence-corrected chi connectivity index (χ3v) is 2.42. The molecule has 17 heavy (non-hydrogen) atoms. The van der Waals surface area contributed by atoms with Gasteiger partial charge in [-0.3, -0.25) is 0 Å². The van der Waals surface area contributed by atoms with Crippen LogP contribution < -0.4 is 0 Å². The van der Waals surface area contributed by atoms with Gasteiger partial charge in [0.25, 0.3) is 0 Å². The van der Waals surface area contributed by atoms with Crippen molar-refractivity contribution in [1.82, 2.24) is 0 Å². The first-order valence-electron chi connectivity index (χ1n) is 5.17. The number of nitrogens with zero attached hydrogens (tertiary/aromatic N) is 2. The summed E-state index contributed by atoms with van der Waals surface area (Å²) in [5, 5.41) is 17.8. The van der Waals surface area contributed by atoms with Gasteiger partial charge in [0, 0.05) is 6.42 Å². The van der Waals surface area contributed by atoms with Gasteiger partial charge in [-0.25, -0.2) is 0 Å². The Labute approximate surface area is 100 Å². The molecule has 1 radical (unpaired) electrons. The fourth-order valence-electron chi connectivity index (χ4n) is 1.58. The first-order valence-corrected chi connectivity index (χ1v) is 5.17. The lowest BCUT2D eigenvalue weighted by Crippen LogP contribution is -1.91. The highest BCUT2D eigenvalue weighted by atomic mass is 14.3. The van der Waals surface area contributed by atoms with Gasteiger partial charge in [0.1, 0.15) is 0 Å². The Morgan fingerprint density at radius 1 is 0.882 bits per heavy atom. The quantitative estimate of drug-likeness (QED) is 0.776. The lowest BCUT2D eigenvalue weighted by Gasteiger charge is -2.03. The number of benzene rings is 2. The summed E-state index contributed by atoms with van der Waals surface area (Å²) >= 11 is 0. The molecule has 0 atom stereocenters. The zero-order valence-corrected chi connectivity index (χ0v) is 9.09. The summed E-state index contributed by atoms with van der Waals surface area (Å²) in [4.78, 5) is 0. The molecule has 0 aliphatic carbocycles. The van der Waals surface area contributed by atoms with E-state index in [4.69, 9.17) is 10.5 Å². The second-order valence-corrected chi connectivity index (χ2v) is 3.58. The molecule has 2 nitrogen and oxygen atoms in total. The van der Waals surface area contributed by atoms with Gasteiger partial charge in [-0.15, -0.1) is 0 Å². The molecule has 2 aromatic rings. The summed E-state index contributed by atoms with van der Waals surface area (Å²) in [5.41, 5.74) is 2.89. The van der Waals surface area contributed by atoms with E-state index < -0.39 is 0 Å². The molecule has 0 saturated carbocycles. The third-order valence-electron chi connectivity index (χ3n) is 2.42. The van der Waals surface area contributed by atoms with E-state index >= 15 is 0 Å². The van der Waals surface area contributed by atoms with Gasteiger partial charge < -0.3 is 0 Å². The second kappa shape index (κ2) is 4.96.